The van der Waals surface area contributed by atoms with Crippen LogP contribution < -0.4 is 16.0 Å². The number of anilines is 1. The van der Waals surface area contributed by atoms with Crippen LogP contribution in [0.25, 0.3) is 0 Å². The van der Waals surface area contributed by atoms with Gasteiger partial charge in [-0.25, -0.2) is 0 Å². The average molecular weight is 317 g/mol. The maximum absolute atomic E-state index is 12.1. The molecule has 0 aliphatic carbocycles. The van der Waals surface area contributed by atoms with Crippen LogP contribution in [0.3, 0.4) is 0 Å². The molecule has 2 rings (SSSR count). The van der Waals surface area contributed by atoms with Crippen LogP contribution in [0.4, 0.5) is 5.69 Å². The van der Waals surface area contributed by atoms with Crippen LogP contribution in [0.5, 0.6) is 0 Å². The summed E-state index contributed by atoms with van der Waals surface area (Å²) in [6, 6.07) is 5.67. The molecule has 23 heavy (non-hydrogen) atoms. The molecular weight excluding hydrogens is 290 g/mol. The van der Waals surface area contributed by atoms with Gasteiger partial charge in [-0.05, 0) is 56.0 Å². The lowest BCUT2D eigenvalue weighted by Gasteiger charge is -2.13. The number of nitrogens with one attached hydrogen (secondary N) is 3. The molecule has 0 saturated carbocycles. The minimum Gasteiger partial charge on any atom is -0.352 e. The molecule has 1 aliphatic heterocycles. The molecule has 5 nitrogen and oxygen atoms in total. The summed E-state index contributed by atoms with van der Waals surface area (Å²) in [4.78, 5) is 24.1. The second-order valence-corrected chi connectivity index (χ2v) is 6.68. The third kappa shape index (κ3) is 5.36. The number of rotatable bonds is 6. The van der Waals surface area contributed by atoms with E-state index in [1.807, 2.05) is 13.0 Å². The minimum absolute atomic E-state index is 0.0181. The molecule has 1 fully saturated rings. The van der Waals surface area contributed by atoms with E-state index in [0.29, 0.717) is 24.4 Å². The van der Waals surface area contributed by atoms with E-state index in [4.69, 9.17) is 0 Å². The highest BCUT2D eigenvalue weighted by Crippen LogP contribution is 2.18. The summed E-state index contributed by atoms with van der Waals surface area (Å²) in [7, 11) is 0. The van der Waals surface area contributed by atoms with E-state index in [-0.39, 0.29) is 17.9 Å². The van der Waals surface area contributed by atoms with Gasteiger partial charge in [-0.3, -0.25) is 9.59 Å². The maximum Gasteiger partial charge on any atom is 0.251 e. The van der Waals surface area contributed by atoms with E-state index in [1.54, 1.807) is 12.1 Å². The Morgan fingerprint density at radius 3 is 2.74 bits per heavy atom. The van der Waals surface area contributed by atoms with Gasteiger partial charge in [-0.15, -0.1) is 0 Å². The highest BCUT2D eigenvalue weighted by atomic mass is 16.2. The molecule has 1 unspecified atom stereocenters. The van der Waals surface area contributed by atoms with Crippen LogP contribution in [0.2, 0.25) is 0 Å². The van der Waals surface area contributed by atoms with Gasteiger partial charge in [-0.2, -0.15) is 0 Å². The molecule has 1 aliphatic rings. The van der Waals surface area contributed by atoms with E-state index in [1.165, 1.54) is 0 Å². The second-order valence-electron chi connectivity index (χ2n) is 6.68. The number of benzene rings is 1. The van der Waals surface area contributed by atoms with Crippen molar-refractivity contribution in [3.8, 4) is 0 Å². The zero-order chi connectivity index (χ0) is 16.8. The summed E-state index contributed by atoms with van der Waals surface area (Å²) in [6.07, 6.45) is 2.69. The average Bonchev–Trinajstić information content (AvgIpc) is 2.99. The van der Waals surface area contributed by atoms with Gasteiger partial charge in [0.15, 0.2) is 0 Å². The Morgan fingerprint density at radius 1 is 1.35 bits per heavy atom. The molecule has 3 N–H and O–H groups in total. The van der Waals surface area contributed by atoms with Crippen LogP contribution in [-0.4, -0.2) is 30.9 Å². The van der Waals surface area contributed by atoms with Crippen molar-refractivity contribution in [2.45, 2.75) is 46.1 Å². The van der Waals surface area contributed by atoms with Crippen molar-refractivity contribution >= 4 is 17.5 Å². The summed E-state index contributed by atoms with van der Waals surface area (Å²) < 4.78 is 0. The minimum atomic E-state index is -0.0742. The lowest BCUT2D eigenvalue weighted by atomic mass is 10.1. The molecule has 2 amide bonds. The van der Waals surface area contributed by atoms with Crippen molar-refractivity contribution in [1.82, 2.24) is 10.6 Å². The number of hydrogen-bond acceptors (Lipinski definition) is 3. The van der Waals surface area contributed by atoms with Gasteiger partial charge in [0, 0.05) is 30.3 Å². The molecule has 1 heterocycles. The van der Waals surface area contributed by atoms with Gasteiger partial charge in [0.1, 0.15) is 0 Å². The third-order valence-electron chi connectivity index (χ3n) is 4.03. The monoisotopic (exact) mass is 317 g/mol. The Hall–Kier alpha value is -1.88. The van der Waals surface area contributed by atoms with E-state index >= 15 is 0 Å². The summed E-state index contributed by atoms with van der Waals surface area (Å²) in [6.45, 7) is 7.68. The summed E-state index contributed by atoms with van der Waals surface area (Å²) in [5.41, 5.74) is 2.29. The van der Waals surface area contributed by atoms with Gasteiger partial charge < -0.3 is 16.0 Å². The number of aryl methyl sites for hydroxylation is 1. The molecule has 1 aromatic rings. The molecule has 0 spiro atoms. The smallest absolute Gasteiger partial charge is 0.251 e. The highest BCUT2D eigenvalue weighted by Gasteiger charge is 2.18. The number of carbonyl (C=O) groups excluding carboxylic acids is 2. The quantitative estimate of drug-likeness (QED) is 0.755. The van der Waals surface area contributed by atoms with Gasteiger partial charge in [-0.1, -0.05) is 13.8 Å². The van der Waals surface area contributed by atoms with Crippen LogP contribution in [0.15, 0.2) is 18.2 Å². The lowest BCUT2D eigenvalue weighted by molar-refractivity contribution is -0.116. The molecule has 1 atom stereocenters. The number of amides is 2. The zero-order valence-electron chi connectivity index (χ0n) is 14.2. The van der Waals surface area contributed by atoms with Crippen molar-refractivity contribution in [2.24, 2.45) is 5.92 Å². The van der Waals surface area contributed by atoms with Crippen LogP contribution >= 0.6 is 0 Å². The van der Waals surface area contributed by atoms with Gasteiger partial charge in [0.05, 0.1) is 0 Å². The predicted octanol–water partition coefficient (Wildman–Crippen LogP) is 2.46. The fourth-order valence-corrected chi connectivity index (χ4v) is 2.70. The first-order valence-corrected chi connectivity index (χ1v) is 8.38. The van der Waals surface area contributed by atoms with Gasteiger partial charge in [0.25, 0.3) is 5.91 Å². The third-order valence-corrected chi connectivity index (χ3v) is 4.03. The van der Waals surface area contributed by atoms with Crippen LogP contribution in [0, 0.1) is 12.8 Å². The SMILES string of the molecule is Cc1cc(C(=O)NCC(C)C)ccc1NC(=O)CC1CCCN1. The van der Waals surface area contributed by atoms with Crippen molar-refractivity contribution < 1.29 is 9.59 Å². The van der Waals surface area contributed by atoms with Crippen LogP contribution in [0.1, 0.15) is 49.0 Å². The standard InChI is InChI=1S/C18H27N3O2/c1-12(2)11-20-18(23)14-6-7-16(13(3)9-14)21-17(22)10-15-5-4-8-19-15/h6-7,9,12,15,19H,4-5,8,10-11H2,1-3H3,(H,20,23)(H,21,22). The molecule has 0 radical (unpaired) electrons. The fourth-order valence-electron chi connectivity index (χ4n) is 2.70. The molecule has 126 valence electrons. The summed E-state index contributed by atoms with van der Waals surface area (Å²) in [5, 5.41) is 9.16. The first kappa shape index (κ1) is 17.5. The fraction of sp³-hybridized carbons (Fsp3) is 0.556. The van der Waals surface area contributed by atoms with E-state index in [9.17, 15) is 9.59 Å². The first-order chi connectivity index (χ1) is 11.0. The van der Waals surface area contributed by atoms with Crippen molar-refractivity contribution in [3.05, 3.63) is 29.3 Å². The van der Waals surface area contributed by atoms with Gasteiger partial charge in [0.2, 0.25) is 5.91 Å². The molecule has 0 aromatic heterocycles. The number of carbonyl (C=O) groups is 2. The molecule has 1 aromatic carbocycles. The van der Waals surface area contributed by atoms with E-state index in [0.717, 1.165) is 30.6 Å². The second kappa shape index (κ2) is 8.11. The zero-order valence-corrected chi connectivity index (χ0v) is 14.2. The molecule has 5 heteroatoms. The Balaban J connectivity index is 1.93. The summed E-state index contributed by atoms with van der Waals surface area (Å²) in [5.74, 6) is 0.363. The highest BCUT2D eigenvalue weighted by molar-refractivity contribution is 5.96. The van der Waals surface area contributed by atoms with Crippen molar-refractivity contribution in [1.29, 1.82) is 0 Å². The molecule has 0 bridgehead atoms. The maximum atomic E-state index is 12.1. The first-order valence-electron chi connectivity index (χ1n) is 8.38. The normalized spacial score (nSPS) is 17.3. The Bertz CT molecular complexity index is 563. The topological polar surface area (TPSA) is 70.2 Å². The van der Waals surface area contributed by atoms with E-state index < -0.39 is 0 Å². The van der Waals surface area contributed by atoms with Crippen LogP contribution in [-0.2, 0) is 4.79 Å². The Morgan fingerprint density at radius 2 is 2.13 bits per heavy atom. The van der Waals surface area contributed by atoms with Crippen molar-refractivity contribution in [3.63, 3.8) is 0 Å². The van der Waals surface area contributed by atoms with E-state index in [2.05, 4.69) is 29.8 Å². The largest absolute Gasteiger partial charge is 0.352 e. The number of hydrogen-bond donors (Lipinski definition) is 3. The molecule has 1 saturated heterocycles. The lowest BCUT2D eigenvalue weighted by Crippen LogP contribution is -2.28. The Kier molecular flexibility index (Phi) is 6.16. The Labute approximate surface area is 138 Å². The summed E-state index contributed by atoms with van der Waals surface area (Å²) >= 11 is 0. The van der Waals surface area contributed by atoms with Crippen molar-refractivity contribution in [2.75, 3.05) is 18.4 Å². The van der Waals surface area contributed by atoms with Gasteiger partial charge >= 0.3 is 0 Å². The molecular formula is C18H27N3O2. The predicted molar refractivity (Wildman–Crippen MR) is 92.6 cm³/mol.